The number of likely N-dealkylation sites (N-methyl/N-ethyl adjacent to an activating group) is 1. The minimum Gasteiger partial charge on any atom is -0.333 e. The second-order valence-corrected chi connectivity index (χ2v) is 4.97. The van der Waals surface area contributed by atoms with Gasteiger partial charge in [0.1, 0.15) is 5.82 Å². The SMILES string of the molecule is CN1CCN(C(=O)c2nnn(-c3ccc(F)cc3)n2)CC1. The Morgan fingerprint density at radius 2 is 1.81 bits per heavy atom. The Morgan fingerprint density at radius 3 is 2.48 bits per heavy atom. The Bertz CT molecular complexity index is 632. The fourth-order valence-corrected chi connectivity index (χ4v) is 2.13. The van der Waals surface area contributed by atoms with Crippen LogP contribution in [0.2, 0.25) is 0 Å². The third kappa shape index (κ3) is 2.89. The number of carbonyl (C=O) groups is 1. The Morgan fingerprint density at radius 1 is 1.14 bits per heavy atom. The van der Waals surface area contributed by atoms with E-state index in [4.69, 9.17) is 0 Å². The molecule has 1 aromatic carbocycles. The zero-order valence-electron chi connectivity index (χ0n) is 11.6. The van der Waals surface area contributed by atoms with Gasteiger partial charge < -0.3 is 9.80 Å². The van der Waals surface area contributed by atoms with Gasteiger partial charge in [-0.3, -0.25) is 4.79 Å². The van der Waals surface area contributed by atoms with Gasteiger partial charge in [-0.15, -0.1) is 15.0 Å². The molecular weight excluding hydrogens is 275 g/mol. The Hall–Kier alpha value is -2.35. The molecular formula is C13H15FN6O. The van der Waals surface area contributed by atoms with Gasteiger partial charge in [0.25, 0.3) is 11.7 Å². The lowest BCUT2D eigenvalue weighted by Gasteiger charge is -2.31. The van der Waals surface area contributed by atoms with Crippen molar-refractivity contribution in [2.24, 2.45) is 0 Å². The highest BCUT2D eigenvalue weighted by Crippen LogP contribution is 2.08. The van der Waals surface area contributed by atoms with Gasteiger partial charge in [0.15, 0.2) is 0 Å². The van der Waals surface area contributed by atoms with Crippen LogP contribution in [-0.4, -0.2) is 69.1 Å². The number of tetrazole rings is 1. The van der Waals surface area contributed by atoms with Crippen LogP contribution >= 0.6 is 0 Å². The number of halogens is 1. The molecule has 1 fully saturated rings. The van der Waals surface area contributed by atoms with Crippen LogP contribution in [0.1, 0.15) is 10.6 Å². The smallest absolute Gasteiger partial charge is 0.295 e. The van der Waals surface area contributed by atoms with E-state index in [2.05, 4.69) is 20.3 Å². The van der Waals surface area contributed by atoms with Crippen molar-refractivity contribution < 1.29 is 9.18 Å². The monoisotopic (exact) mass is 290 g/mol. The highest BCUT2D eigenvalue weighted by atomic mass is 19.1. The van der Waals surface area contributed by atoms with E-state index in [9.17, 15) is 9.18 Å². The summed E-state index contributed by atoms with van der Waals surface area (Å²) in [6.07, 6.45) is 0. The highest BCUT2D eigenvalue weighted by molar-refractivity contribution is 5.90. The van der Waals surface area contributed by atoms with Crippen LogP contribution in [0.25, 0.3) is 5.69 Å². The average molecular weight is 290 g/mol. The molecule has 2 aromatic rings. The van der Waals surface area contributed by atoms with Crippen LogP contribution in [0, 0.1) is 5.82 Å². The number of nitrogens with zero attached hydrogens (tertiary/aromatic N) is 6. The van der Waals surface area contributed by atoms with Gasteiger partial charge in [-0.2, -0.15) is 0 Å². The van der Waals surface area contributed by atoms with E-state index < -0.39 is 0 Å². The molecule has 1 amide bonds. The van der Waals surface area contributed by atoms with E-state index >= 15 is 0 Å². The molecule has 3 rings (SSSR count). The summed E-state index contributed by atoms with van der Waals surface area (Å²) in [5, 5.41) is 11.7. The summed E-state index contributed by atoms with van der Waals surface area (Å²) < 4.78 is 12.9. The standard InChI is InChI=1S/C13H15FN6O/c1-18-6-8-19(9-7-18)13(21)12-15-17-20(16-12)11-4-2-10(14)3-5-11/h2-5H,6-9H2,1H3. The Kier molecular flexibility index (Phi) is 3.61. The van der Waals surface area contributed by atoms with Crippen LogP contribution in [0.15, 0.2) is 24.3 Å². The minimum absolute atomic E-state index is 0.0591. The third-order valence-electron chi connectivity index (χ3n) is 3.45. The lowest BCUT2D eigenvalue weighted by molar-refractivity contribution is 0.0651. The molecule has 0 unspecified atom stereocenters. The normalized spacial score (nSPS) is 16.2. The van der Waals surface area contributed by atoms with E-state index in [1.54, 1.807) is 4.90 Å². The van der Waals surface area contributed by atoms with Crippen LogP contribution < -0.4 is 0 Å². The van der Waals surface area contributed by atoms with E-state index in [0.717, 1.165) is 13.1 Å². The number of aromatic nitrogens is 4. The fraction of sp³-hybridized carbons (Fsp3) is 0.385. The lowest BCUT2D eigenvalue weighted by atomic mass is 10.3. The van der Waals surface area contributed by atoms with Crippen molar-refractivity contribution in [3.8, 4) is 5.69 Å². The molecule has 0 radical (unpaired) electrons. The van der Waals surface area contributed by atoms with Gasteiger partial charge >= 0.3 is 0 Å². The maximum Gasteiger partial charge on any atom is 0.295 e. The van der Waals surface area contributed by atoms with Gasteiger partial charge in [0.05, 0.1) is 5.69 Å². The molecule has 1 aliphatic rings. The summed E-state index contributed by atoms with van der Waals surface area (Å²) >= 11 is 0. The molecule has 110 valence electrons. The molecule has 2 heterocycles. The number of hydrogen-bond acceptors (Lipinski definition) is 5. The molecule has 8 heteroatoms. The molecule has 21 heavy (non-hydrogen) atoms. The zero-order valence-corrected chi connectivity index (χ0v) is 11.6. The van der Waals surface area contributed by atoms with Crippen molar-refractivity contribution in [1.82, 2.24) is 30.0 Å². The molecule has 0 bridgehead atoms. The Balaban J connectivity index is 1.75. The summed E-state index contributed by atoms with van der Waals surface area (Å²) in [6.45, 7) is 2.97. The highest BCUT2D eigenvalue weighted by Gasteiger charge is 2.24. The van der Waals surface area contributed by atoms with E-state index in [1.165, 1.54) is 29.1 Å². The second-order valence-electron chi connectivity index (χ2n) is 4.97. The molecule has 1 aromatic heterocycles. The number of rotatable bonds is 2. The fourth-order valence-electron chi connectivity index (χ4n) is 2.13. The zero-order chi connectivity index (χ0) is 14.8. The molecule has 0 saturated carbocycles. The van der Waals surface area contributed by atoms with Crippen LogP contribution in [0.3, 0.4) is 0 Å². The first-order chi connectivity index (χ1) is 10.1. The van der Waals surface area contributed by atoms with Crippen LogP contribution in [0.5, 0.6) is 0 Å². The molecule has 0 N–H and O–H groups in total. The van der Waals surface area contributed by atoms with Crippen molar-refractivity contribution in [3.05, 3.63) is 35.9 Å². The van der Waals surface area contributed by atoms with Crippen molar-refractivity contribution in [1.29, 1.82) is 0 Å². The van der Waals surface area contributed by atoms with Crippen molar-refractivity contribution in [2.45, 2.75) is 0 Å². The third-order valence-corrected chi connectivity index (χ3v) is 3.45. The maximum atomic E-state index is 12.9. The number of carbonyl (C=O) groups excluding carboxylic acids is 1. The second kappa shape index (κ2) is 5.57. The predicted molar refractivity (Wildman–Crippen MR) is 72.5 cm³/mol. The first-order valence-electron chi connectivity index (χ1n) is 6.67. The number of piperazine rings is 1. The Labute approximate surface area is 121 Å². The summed E-state index contributed by atoms with van der Waals surface area (Å²) in [6, 6.07) is 5.67. The van der Waals surface area contributed by atoms with Crippen molar-refractivity contribution >= 4 is 5.91 Å². The minimum atomic E-state index is -0.340. The first-order valence-corrected chi connectivity index (χ1v) is 6.67. The van der Waals surface area contributed by atoms with Gasteiger partial charge in [-0.1, -0.05) is 0 Å². The van der Waals surface area contributed by atoms with Crippen LogP contribution in [0.4, 0.5) is 4.39 Å². The van der Waals surface area contributed by atoms with Crippen LogP contribution in [-0.2, 0) is 0 Å². The number of amides is 1. The van der Waals surface area contributed by atoms with Gasteiger partial charge in [0.2, 0.25) is 0 Å². The summed E-state index contributed by atoms with van der Waals surface area (Å²) in [5.41, 5.74) is 0.557. The van der Waals surface area contributed by atoms with Crippen molar-refractivity contribution in [2.75, 3.05) is 33.2 Å². The van der Waals surface area contributed by atoms with E-state index in [0.29, 0.717) is 18.8 Å². The largest absolute Gasteiger partial charge is 0.333 e. The van der Waals surface area contributed by atoms with Gasteiger partial charge in [-0.05, 0) is 36.5 Å². The quantitative estimate of drug-likeness (QED) is 0.790. The number of benzene rings is 1. The molecule has 1 saturated heterocycles. The predicted octanol–water partition coefficient (Wildman–Crippen LogP) is 0.189. The van der Waals surface area contributed by atoms with Gasteiger partial charge in [-0.25, -0.2) is 4.39 Å². The number of hydrogen-bond donors (Lipinski definition) is 0. The molecule has 7 nitrogen and oxygen atoms in total. The van der Waals surface area contributed by atoms with E-state index in [1.807, 2.05) is 7.05 Å². The summed E-state index contributed by atoms with van der Waals surface area (Å²) in [5.74, 6) is -0.507. The molecule has 0 spiro atoms. The summed E-state index contributed by atoms with van der Waals surface area (Å²) in [4.78, 5) is 17.4. The van der Waals surface area contributed by atoms with Gasteiger partial charge in [0, 0.05) is 26.2 Å². The first kappa shape index (κ1) is 13.6. The topological polar surface area (TPSA) is 67.2 Å². The maximum absolute atomic E-state index is 12.9. The lowest BCUT2D eigenvalue weighted by Crippen LogP contribution is -2.47. The molecule has 0 atom stereocenters. The summed E-state index contributed by atoms with van der Waals surface area (Å²) in [7, 11) is 2.02. The average Bonchev–Trinajstić information content (AvgIpc) is 2.98. The molecule has 1 aliphatic heterocycles. The van der Waals surface area contributed by atoms with E-state index in [-0.39, 0.29) is 17.5 Å². The molecule has 0 aliphatic carbocycles. The van der Waals surface area contributed by atoms with Crippen molar-refractivity contribution in [3.63, 3.8) is 0 Å².